The van der Waals surface area contributed by atoms with Gasteiger partial charge in [0, 0.05) is 16.6 Å². The van der Waals surface area contributed by atoms with Crippen LogP contribution in [0.25, 0.3) is 0 Å². The lowest BCUT2D eigenvalue weighted by Crippen LogP contribution is -2.41. The first-order chi connectivity index (χ1) is 10.9. The minimum Gasteiger partial charge on any atom is -0.399 e. The Hall–Kier alpha value is -1.84. The third-order valence-electron chi connectivity index (χ3n) is 4.62. The summed E-state index contributed by atoms with van der Waals surface area (Å²) in [5.41, 5.74) is 0.240. The normalized spacial score (nSPS) is 19.0. The van der Waals surface area contributed by atoms with Crippen molar-refractivity contribution in [3.05, 3.63) is 23.8 Å². The monoisotopic (exact) mass is 328 g/mol. The SMILES string of the molecule is CC(C)(C)C(=O)Nc1ccc(C#N)cc1B1OC(C)(C)C(C)(C)O1. The number of carbonyl (C=O) groups is 1. The molecule has 1 heterocycles. The number of hydrogen-bond donors (Lipinski definition) is 1. The summed E-state index contributed by atoms with van der Waals surface area (Å²) >= 11 is 0. The molecule has 0 radical (unpaired) electrons. The van der Waals surface area contributed by atoms with Crippen molar-refractivity contribution in [1.82, 2.24) is 0 Å². The highest BCUT2D eigenvalue weighted by molar-refractivity contribution is 6.64. The number of benzene rings is 1. The molecule has 2 rings (SSSR count). The summed E-state index contributed by atoms with van der Waals surface area (Å²) in [5.74, 6) is -0.107. The summed E-state index contributed by atoms with van der Waals surface area (Å²) in [4.78, 5) is 12.4. The van der Waals surface area contributed by atoms with Crippen molar-refractivity contribution < 1.29 is 14.1 Å². The van der Waals surface area contributed by atoms with Gasteiger partial charge in [-0.05, 0) is 45.9 Å². The quantitative estimate of drug-likeness (QED) is 0.848. The van der Waals surface area contributed by atoms with Crippen LogP contribution in [0.5, 0.6) is 0 Å². The van der Waals surface area contributed by atoms with E-state index in [0.29, 0.717) is 16.7 Å². The molecule has 0 aromatic heterocycles. The number of nitrogens with zero attached hydrogens (tertiary/aromatic N) is 1. The number of carbonyl (C=O) groups excluding carboxylic acids is 1. The van der Waals surface area contributed by atoms with Crippen molar-refractivity contribution in [2.45, 2.75) is 59.7 Å². The smallest absolute Gasteiger partial charge is 0.399 e. The average Bonchev–Trinajstić information content (AvgIpc) is 2.66. The fourth-order valence-corrected chi connectivity index (χ4v) is 2.22. The Kier molecular flexibility index (Phi) is 4.56. The number of rotatable bonds is 2. The van der Waals surface area contributed by atoms with Gasteiger partial charge in [0.2, 0.25) is 5.91 Å². The van der Waals surface area contributed by atoms with Crippen LogP contribution in [0, 0.1) is 16.7 Å². The van der Waals surface area contributed by atoms with E-state index < -0.39 is 23.7 Å². The first-order valence-electron chi connectivity index (χ1n) is 8.08. The Morgan fingerprint density at radius 3 is 2.17 bits per heavy atom. The fourth-order valence-electron chi connectivity index (χ4n) is 2.22. The van der Waals surface area contributed by atoms with E-state index in [1.165, 1.54) is 0 Å². The Labute approximate surface area is 144 Å². The van der Waals surface area contributed by atoms with Gasteiger partial charge in [0.15, 0.2) is 0 Å². The average molecular weight is 328 g/mol. The molecule has 1 aromatic rings. The van der Waals surface area contributed by atoms with Crippen LogP contribution >= 0.6 is 0 Å². The Bertz CT molecular complexity index is 683. The molecule has 1 fully saturated rings. The van der Waals surface area contributed by atoms with Gasteiger partial charge in [-0.25, -0.2) is 0 Å². The van der Waals surface area contributed by atoms with Crippen molar-refractivity contribution in [1.29, 1.82) is 5.26 Å². The molecule has 128 valence electrons. The molecule has 0 bridgehead atoms. The zero-order valence-corrected chi connectivity index (χ0v) is 15.5. The van der Waals surface area contributed by atoms with Crippen LogP contribution in [-0.2, 0) is 14.1 Å². The maximum Gasteiger partial charge on any atom is 0.497 e. The zero-order valence-electron chi connectivity index (χ0n) is 15.5. The lowest BCUT2D eigenvalue weighted by atomic mass is 9.76. The Balaban J connectivity index is 2.42. The van der Waals surface area contributed by atoms with Gasteiger partial charge < -0.3 is 14.6 Å². The molecule has 1 aliphatic rings. The van der Waals surface area contributed by atoms with Crippen LogP contribution < -0.4 is 10.8 Å². The van der Waals surface area contributed by atoms with Gasteiger partial charge in [0.25, 0.3) is 0 Å². The maximum atomic E-state index is 12.4. The number of anilines is 1. The lowest BCUT2D eigenvalue weighted by molar-refractivity contribution is -0.123. The third kappa shape index (κ3) is 3.48. The van der Waals surface area contributed by atoms with Crippen LogP contribution in [0.2, 0.25) is 0 Å². The van der Waals surface area contributed by atoms with Gasteiger partial charge in [-0.1, -0.05) is 20.8 Å². The van der Waals surface area contributed by atoms with Gasteiger partial charge in [-0.3, -0.25) is 4.79 Å². The van der Waals surface area contributed by atoms with Gasteiger partial charge >= 0.3 is 7.12 Å². The standard InChI is InChI=1S/C18H25BN2O3/c1-16(2,3)15(22)21-14-9-8-12(11-20)10-13(14)19-23-17(4,5)18(6,7)24-19/h8-10H,1-7H3,(H,21,22). The molecule has 6 heteroatoms. The third-order valence-corrected chi connectivity index (χ3v) is 4.62. The van der Waals surface area contributed by atoms with Crippen LogP contribution in [0.15, 0.2) is 18.2 Å². The highest BCUT2D eigenvalue weighted by Crippen LogP contribution is 2.37. The molecule has 1 aliphatic heterocycles. The molecule has 5 nitrogen and oxygen atoms in total. The second kappa shape index (κ2) is 5.91. The maximum absolute atomic E-state index is 12.4. The molecule has 0 unspecified atom stereocenters. The second-order valence-electron chi connectivity index (χ2n) is 8.21. The predicted octanol–water partition coefficient (Wildman–Crippen LogP) is 2.84. The second-order valence-corrected chi connectivity index (χ2v) is 8.21. The van der Waals surface area contributed by atoms with Crippen LogP contribution in [-0.4, -0.2) is 24.2 Å². The van der Waals surface area contributed by atoms with E-state index in [2.05, 4.69) is 11.4 Å². The molecule has 0 spiro atoms. The van der Waals surface area contributed by atoms with E-state index in [1.54, 1.807) is 18.2 Å². The molecular formula is C18H25BN2O3. The molecule has 1 aromatic carbocycles. The Morgan fingerprint density at radius 1 is 1.17 bits per heavy atom. The lowest BCUT2D eigenvalue weighted by Gasteiger charge is -2.32. The molecule has 0 atom stereocenters. The largest absolute Gasteiger partial charge is 0.497 e. The van der Waals surface area contributed by atoms with E-state index in [-0.39, 0.29) is 5.91 Å². The number of amides is 1. The Morgan fingerprint density at radius 2 is 1.71 bits per heavy atom. The van der Waals surface area contributed by atoms with E-state index in [9.17, 15) is 10.1 Å². The van der Waals surface area contributed by atoms with Gasteiger partial charge in [0.05, 0.1) is 22.8 Å². The van der Waals surface area contributed by atoms with Gasteiger partial charge in [-0.2, -0.15) is 5.26 Å². The topological polar surface area (TPSA) is 71.4 Å². The summed E-state index contributed by atoms with van der Waals surface area (Å²) in [6.45, 7) is 13.4. The highest BCUT2D eigenvalue weighted by Gasteiger charge is 2.52. The van der Waals surface area contributed by atoms with Crippen molar-refractivity contribution in [2.75, 3.05) is 5.32 Å². The minimum atomic E-state index is -0.640. The molecule has 1 amide bonds. The first-order valence-corrected chi connectivity index (χ1v) is 8.08. The summed E-state index contributed by atoms with van der Waals surface area (Å²) in [5, 5.41) is 12.1. The van der Waals surface area contributed by atoms with Crippen molar-refractivity contribution in [3.8, 4) is 6.07 Å². The minimum absolute atomic E-state index is 0.107. The van der Waals surface area contributed by atoms with E-state index in [4.69, 9.17) is 9.31 Å². The summed E-state index contributed by atoms with van der Waals surface area (Å²) in [7, 11) is -0.640. The first kappa shape index (κ1) is 18.5. The van der Waals surface area contributed by atoms with Crippen molar-refractivity contribution in [3.63, 3.8) is 0 Å². The zero-order chi connectivity index (χ0) is 18.3. The summed E-state index contributed by atoms with van der Waals surface area (Å²) < 4.78 is 12.1. The van der Waals surface area contributed by atoms with Gasteiger partial charge in [0.1, 0.15) is 0 Å². The molecule has 1 N–H and O–H groups in total. The molecule has 0 aliphatic carbocycles. The number of hydrogen-bond acceptors (Lipinski definition) is 4. The molecule has 24 heavy (non-hydrogen) atoms. The van der Waals surface area contributed by atoms with Crippen LogP contribution in [0.1, 0.15) is 54.0 Å². The van der Waals surface area contributed by atoms with E-state index >= 15 is 0 Å². The van der Waals surface area contributed by atoms with E-state index in [1.807, 2.05) is 48.5 Å². The van der Waals surface area contributed by atoms with Crippen molar-refractivity contribution >= 4 is 24.2 Å². The van der Waals surface area contributed by atoms with Gasteiger partial charge in [-0.15, -0.1) is 0 Å². The summed E-state index contributed by atoms with van der Waals surface area (Å²) in [6.07, 6.45) is 0. The highest BCUT2D eigenvalue weighted by atomic mass is 16.7. The van der Waals surface area contributed by atoms with Crippen molar-refractivity contribution in [2.24, 2.45) is 5.41 Å². The van der Waals surface area contributed by atoms with Crippen LogP contribution in [0.3, 0.4) is 0 Å². The fraction of sp³-hybridized carbons (Fsp3) is 0.556. The molecular weight excluding hydrogens is 303 g/mol. The number of nitriles is 1. The molecule has 1 saturated heterocycles. The summed E-state index contributed by atoms with van der Waals surface area (Å²) in [6, 6.07) is 7.23. The number of nitrogens with one attached hydrogen (secondary N) is 1. The van der Waals surface area contributed by atoms with Crippen LogP contribution in [0.4, 0.5) is 5.69 Å². The predicted molar refractivity (Wildman–Crippen MR) is 95.0 cm³/mol. The molecule has 0 saturated carbocycles. The van der Waals surface area contributed by atoms with E-state index in [0.717, 1.165) is 0 Å².